The van der Waals surface area contributed by atoms with Crippen LogP contribution in [-0.2, 0) is 0 Å². The Morgan fingerprint density at radius 1 is 1.08 bits per heavy atom. The lowest BCUT2D eigenvalue weighted by Gasteiger charge is -2.20. The summed E-state index contributed by atoms with van der Waals surface area (Å²) in [6, 6.07) is 0. The number of allylic oxidation sites excluding steroid dienone is 1. The first kappa shape index (κ1) is 22.7. The van der Waals surface area contributed by atoms with E-state index in [4.69, 9.17) is 0 Å². The molecule has 0 amide bonds. The summed E-state index contributed by atoms with van der Waals surface area (Å²) in [5, 5.41) is 6.90. The van der Waals surface area contributed by atoms with Crippen LogP contribution in [0.4, 0.5) is 0 Å². The number of hydrogen-bond acceptors (Lipinski definition) is 3. The molecule has 1 aliphatic carbocycles. The minimum atomic E-state index is 0. The lowest BCUT2D eigenvalue weighted by atomic mass is 9.97. The second kappa shape index (κ2) is 13.8. The van der Waals surface area contributed by atoms with Crippen molar-refractivity contribution < 1.29 is 0 Å². The average molecular weight is 463 g/mol. The van der Waals surface area contributed by atoms with Gasteiger partial charge in [-0.15, -0.1) is 24.0 Å². The molecule has 25 heavy (non-hydrogen) atoms. The van der Waals surface area contributed by atoms with Crippen LogP contribution in [0, 0.1) is 0 Å². The van der Waals surface area contributed by atoms with E-state index in [0.29, 0.717) is 0 Å². The maximum atomic E-state index is 4.33. The molecule has 1 saturated heterocycles. The van der Waals surface area contributed by atoms with Crippen LogP contribution in [0.2, 0.25) is 0 Å². The van der Waals surface area contributed by atoms with Gasteiger partial charge in [-0.05, 0) is 71.6 Å². The molecule has 5 nitrogen and oxygen atoms in total. The normalized spacial score (nSPS) is 20.4. The molecule has 0 saturated carbocycles. The second-order valence-electron chi connectivity index (χ2n) is 7.14. The lowest BCUT2D eigenvalue weighted by Crippen LogP contribution is -2.39. The molecule has 0 aromatic carbocycles. The molecule has 0 bridgehead atoms. The Bertz CT molecular complexity index is 411. The van der Waals surface area contributed by atoms with Crippen molar-refractivity contribution >= 4 is 29.9 Å². The van der Waals surface area contributed by atoms with Gasteiger partial charge in [0.2, 0.25) is 0 Å². The predicted molar refractivity (Wildman–Crippen MR) is 119 cm³/mol. The van der Waals surface area contributed by atoms with E-state index in [-0.39, 0.29) is 24.0 Å². The quantitative estimate of drug-likeness (QED) is 0.200. The lowest BCUT2D eigenvalue weighted by molar-refractivity contribution is 0.274. The SMILES string of the molecule is CN=C(NCCCN1CCCN(C)CC1)NCCC1=CCCCC1.I. The molecule has 0 atom stereocenters. The zero-order valence-electron chi connectivity index (χ0n) is 16.2. The van der Waals surface area contributed by atoms with Gasteiger partial charge in [-0.2, -0.15) is 0 Å². The smallest absolute Gasteiger partial charge is 0.190 e. The molecule has 0 radical (unpaired) electrons. The van der Waals surface area contributed by atoms with Crippen LogP contribution < -0.4 is 10.6 Å². The standard InChI is InChI=1S/C19H37N5.HI/c1-20-19(22-12-10-18-8-4-3-5-9-18)21-11-6-14-24-15-7-13-23(2)16-17-24;/h8H,3-7,9-17H2,1-2H3,(H2,20,21,22);1H. The summed E-state index contributed by atoms with van der Waals surface area (Å²) < 4.78 is 0. The molecule has 0 spiro atoms. The second-order valence-corrected chi connectivity index (χ2v) is 7.14. The average Bonchev–Trinajstić information content (AvgIpc) is 2.82. The van der Waals surface area contributed by atoms with E-state index in [1.807, 2.05) is 7.05 Å². The van der Waals surface area contributed by atoms with Gasteiger partial charge in [-0.3, -0.25) is 4.99 Å². The summed E-state index contributed by atoms with van der Waals surface area (Å²) in [5.41, 5.74) is 1.62. The Balaban J connectivity index is 0.00000312. The Kier molecular flexibility index (Phi) is 12.5. The molecule has 1 fully saturated rings. The number of halogens is 1. The van der Waals surface area contributed by atoms with Gasteiger partial charge in [0.05, 0.1) is 0 Å². The Labute approximate surface area is 171 Å². The molecule has 1 aliphatic heterocycles. The number of nitrogens with one attached hydrogen (secondary N) is 2. The maximum absolute atomic E-state index is 4.33. The summed E-state index contributed by atoms with van der Waals surface area (Å²) in [6.45, 7) is 8.06. The number of likely N-dealkylation sites (N-methyl/N-ethyl adjacent to an activating group) is 1. The number of rotatable bonds is 7. The number of nitrogens with zero attached hydrogens (tertiary/aromatic N) is 3. The van der Waals surface area contributed by atoms with Gasteiger partial charge in [0.1, 0.15) is 0 Å². The third-order valence-electron chi connectivity index (χ3n) is 5.10. The molecule has 0 unspecified atom stereocenters. The van der Waals surface area contributed by atoms with E-state index in [1.165, 1.54) is 71.2 Å². The molecule has 2 aliphatic rings. The largest absolute Gasteiger partial charge is 0.356 e. The highest BCUT2D eigenvalue weighted by Crippen LogP contribution is 2.19. The van der Waals surface area contributed by atoms with Gasteiger partial charge in [-0.25, -0.2) is 0 Å². The molecule has 0 aromatic rings. The minimum absolute atomic E-state index is 0. The minimum Gasteiger partial charge on any atom is -0.356 e. The number of guanidine groups is 1. The summed E-state index contributed by atoms with van der Waals surface area (Å²) in [5.74, 6) is 0.946. The van der Waals surface area contributed by atoms with Crippen molar-refractivity contribution in [2.45, 2.75) is 44.9 Å². The first-order valence-corrected chi connectivity index (χ1v) is 9.81. The Morgan fingerprint density at radius 3 is 2.68 bits per heavy atom. The summed E-state index contributed by atoms with van der Waals surface area (Å²) in [7, 11) is 4.09. The van der Waals surface area contributed by atoms with Crippen LogP contribution in [0.25, 0.3) is 0 Å². The summed E-state index contributed by atoms with van der Waals surface area (Å²) >= 11 is 0. The highest BCUT2D eigenvalue weighted by molar-refractivity contribution is 14.0. The Morgan fingerprint density at radius 2 is 1.92 bits per heavy atom. The van der Waals surface area contributed by atoms with Gasteiger partial charge in [0.15, 0.2) is 5.96 Å². The number of hydrogen-bond donors (Lipinski definition) is 2. The van der Waals surface area contributed by atoms with Gasteiger partial charge in [-0.1, -0.05) is 11.6 Å². The number of aliphatic imine (C=N–C) groups is 1. The van der Waals surface area contributed by atoms with Crippen molar-refractivity contribution in [2.24, 2.45) is 4.99 Å². The first-order valence-electron chi connectivity index (χ1n) is 9.81. The highest BCUT2D eigenvalue weighted by Gasteiger charge is 2.11. The monoisotopic (exact) mass is 463 g/mol. The molecule has 146 valence electrons. The van der Waals surface area contributed by atoms with E-state index in [0.717, 1.165) is 25.5 Å². The van der Waals surface area contributed by atoms with Crippen LogP contribution in [0.1, 0.15) is 44.9 Å². The maximum Gasteiger partial charge on any atom is 0.190 e. The topological polar surface area (TPSA) is 42.9 Å². The first-order chi connectivity index (χ1) is 11.8. The van der Waals surface area contributed by atoms with E-state index in [9.17, 15) is 0 Å². The van der Waals surface area contributed by atoms with Gasteiger partial charge >= 0.3 is 0 Å². The van der Waals surface area contributed by atoms with Crippen LogP contribution in [0.3, 0.4) is 0 Å². The highest BCUT2D eigenvalue weighted by atomic mass is 127. The zero-order valence-corrected chi connectivity index (χ0v) is 18.6. The van der Waals surface area contributed by atoms with Crippen LogP contribution in [0.5, 0.6) is 0 Å². The fourth-order valence-electron chi connectivity index (χ4n) is 3.53. The van der Waals surface area contributed by atoms with Crippen molar-refractivity contribution in [3.05, 3.63) is 11.6 Å². The molecular formula is C19H38IN5. The van der Waals surface area contributed by atoms with Crippen LogP contribution in [-0.4, -0.2) is 75.7 Å². The van der Waals surface area contributed by atoms with Crippen molar-refractivity contribution in [3.8, 4) is 0 Å². The predicted octanol–water partition coefficient (Wildman–Crippen LogP) is 2.69. The molecular weight excluding hydrogens is 425 g/mol. The third kappa shape index (κ3) is 9.80. The van der Waals surface area contributed by atoms with E-state index in [1.54, 1.807) is 5.57 Å². The van der Waals surface area contributed by atoms with E-state index >= 15 is 0 Å². The van der Waals surface area contributed by atoms with Crippen LogP contribution in [0.15, 0.2) is 16.6 Å². The molecule has 1 heterocycles. The Hall–Kier alpha value is -0.340. The van der Waals surface area contributed by atoms with Crippen molar-refractivity contribution in [2.75, 3.05) is 59.9 Å². The van der Waals surface area contributed by atoms with Gasteiger partial charge in [0, 0.05) is 33.2 Å². The summed E-state index contributed by atoms with van der Waals surface area (Å²) in [6.07, 6.45) is 11.4. The van der Waals surface area contributed by atoms with Crippen molar-refractivity contribution in [1.29, 1.82) is 0 Å². The van der Waals surface area contributed by atoms with Crippen LogP contribution >= 0.6 is 24.0 Å². The molecule has 2 rings (SSSR count). The van der Waals surface area contributed by atoms with Gasteiger partial charge < -0.3 is 20.4 Å². The molecule has 6 heteroatoms. The van der Waals surface area contributed by atoms with Crippen molar-refractivity contribution in [3.63, 3.8) is 0 Å². The molecule has 2 N–H and O–H groups in total. The third-order valence-corrected chi connectivity index (χ3v) is 5.10. The van der Waals surface area contributed by atoms with Crippen molar-refractivity contribution in [1.82, 2.24) is 20.4 Å². The fourth-order valence-corrected chi connectivity index (χ4v) is 3.53. The fraction of sp³-hybridized carbons (Fsp3) is 0.842. The zero-order chi connectivity index (χ0) is 17.0. The van der Waals surface area contributed by atoms with E-state index in [2.05, 4.69) is 38.5 Å². The molecule has 0 aromatic heterocycles. The van der Waals surface area contributed by atoms with E-state index < -0.39 is 0 Å². The van der Waals surface area contributed by atoms with Gasteiger partial charge in [0.25, 0.3) is 0 Å². The summed E-state index contributed by atoms with van der Waals surface area (Å²) in [4.78, 5) is 9.37.